The van der Waals surface area contributed by atoms with E-state index in [1.165, 1.54) is 12.1 Å². The number of rotatable bonds is 5. The number of nitrogens with zero attached hydrogens (tertiary/aromatic N) is 2. The Morgan fingerprint density at radius 2 is 1.84 bits per heavy atom. The molecule has 3 aromatic carbocycles. The van der Waals surface area contributed by atoms with Gasteiger partial charge in [0.25, 0.3) is 5.91 Å². The highest BCUT2D eigenvalue weighted by Gasteiger charge is 2.56. The number of aromatic nitrogens is 1. The number of ether oxygens (including phenoxy) is 1. The number of benzene rings is 3. The number of carbonyl (C=O) groups excluding carboxylic acids is 2. The fourth-order valence-corrected chi connectivity index (χ4v) is 5.95. The van der Waals surface area contributed by atoms with E-state index in [4.69, 9.17) is 4.74 Å². The molecule has 0 spiro atoms. The van der Waals surface area contributed by atoms with Gasteiger partial charge in [-0.1, -0.05) is 42.5 Å². The highest BCUT2D eigenvalue weighted by atomic mass is 19.1. The zero-order valence-corrected chi connectivity index (χ0v) is 20.8. The van der Waals surface area contributed by atoms with Gasteiger partial charge in [-0.25, -0.2) is 4.39 Å². The molecule has 2 atom stereocenters. The van der Waals surface area contributed by atoms with E-state index in [1.807, 2.05) is 55.5 Å². The first kappa shape index (κ1) is 23.3. The van der Waals surface area contributed by atoms with E-state index in [9.17, 15) is 14.0 Å². The predicted molar refractivity (Wildman–Crippen MR) is 139 cm³/mol. The zero-order valence-electron chi connectivity index (χ0n) is 20.8. The molecule has 7 heteroatoms. The molecule has 1 saturated heterocycles. The van der Waals surface area contributed by atoms with Crippen molar-refractivity contribution in [3.05, 3.63) is 101 Å². The first-order valence-corrected chi connectivity index (χ1v) is 12.5. The largest absolute Gasteiger partial charge is 0.497 e. The molecular formula is C30H28FN3O3. The van der Waals surface area contributed by atoms with Crippen LogP contribution in [-0.2, 0) is 21.5 Å². The normalized spacial score (nSPS) is 21.2. The van der Waals surface area contributed by atoms with E-state index in [2.05, 4.69) is 11.1 Å². The molecule has 3 heterocycles. The SMILES string of the molecule is COc1ccc([C@H]2CN3C(=O)CN(CCc4cccc(F)c4)C(=O)[C@]3(C)c3[nH]c4ccccc4c32)cc1. The van der Waals surface area contributed by atoms with Gasteiger partial charge in [-0.15, -0.1) is 0 Å². The van der Waals surface area contributed by atoms with Crippen molar-refractivity contribution < 1.29 is 18.7 Å². The fourth-order valence-electron chi connectivity index (χ4n) is 5.95. The Hall–Kier alpha value is -4.13. The maximum absolute atomic E-state index is 14.1. The minimum Gasteiger partial charge on any atom is -0.497 e. The summed E-state index contributed by atoms with van der Waals surface area (Å²) in [5.74, 6) is 0.146. The van der Waals surface area contributed by atoms with E-state index >= 15 is 0 Å². The van der Waals surface area contributed by atoms with E-state index < -0.39 is 5.54 Å². The summed E-state index contributed by atoms with van der Waals surface area (Å²) in [7, 11) is 1.64. The number of aromatic amines is 1. The lowest BCUT2D eigenvalue weighted by Gasteiger charge is -2.51. The molecule has 0 bridgehead atoms. The molecule has 1 fully saturated rings. The van der Waals surface area contributed by atoms with Crippen molar-refractivity contribution in [2.45, 2.75) is 24.8 Å². The van der Waals surface area contributed by atoms with Crippen molar-refractivity contribution in [1.82, 2.24) is 14.8 Å². The molecule has 0 radical (unpaired) electrons. The van der Waals surface area contributed by atoms with Crippen LogP contribution in [0.15, 0.2) is 72.8 Å². The van der Waals surface area contributed by atoms with Crippen molar-refractivity contribution in [2.24, 2.45) is 0 Å². The quantitative estimate of drug-likeness (QED) is 0.439. The summed E-state index contributed by atoms with van der Waals surface area (Å²) >= 11 is 0. The van der Waals surface area contributed by atoms with E-state index in [-0.39, 0.29) is 30.1 Å². The molecule has 188 valence electrons. The minimum atomic E-state index is -1.16. The number of halogens is 1. The third-order valence-corrected chi connectivity index (χ3v) is 7.89. The van der Waals surface area contributed by atoms with E-state index in [0.717, 1.165) is 39.0 Å². The van der Waals surface area contributed by atoms with Crippen LogP contribution in [0.25, 0.3) is 10.9 Å². The van der Waals surface area contributed by atoms with E-state index in [0.29, 0.717) is 19.5 Å². The Bertz CT molecular complexity index is 1510. The number of piperazine rings is 1. The number of amides is 2. The summed E-state index contributed by atoms with van der Waals surface area (Å²) in [4.78, 5) is 34.6. The molecule has 0 unspecified atom stereocenters. The van der Waals surface area contributed by atoms with Crippen LogP contribution in [0.5, 0.6) is 5.75 Å². The van der Waals surface area contributed by atoms with Gasteiger partial charge in [-0.3, -0.25) is 9.59 Å². The van der Waals surface area contributed by atoms with Crippen LogP contribution in [0.4, 0.5) is 4.39 Å². The van der Waals surface area contributed by atoms with Gasteiger partial charge < -0.3 is 19.5 Å². The highest BCUT2D eigenvalue weighted by molar-refractivity contribution is 6.01. The van der Waals surface area contributed by atoms with Gasteiger partial charge in [0.15, 0.2) is 5.54 Å². The van der Waals surface area contributed by atoms with Crippen LogP contribution >= 0.6 is 0 Å². The van der Waals surface area contributed by atoms with Crippen molar-refractivity contribution in [2.75, 3.05) is 26.7 Å². The minimum absolute atomic E-state index is 0.00856. The molecule has 2 aliphatic heterocycles. The van der Waals surface area contributed by atoms with Crippen LogP contribution < -0.4 is 4.74 Å². The third kappa shape index (κ3) is 3.68. The molecule has 37 heavy (non-hydrogen) atoms. The molecule has 2 amide bonds. The van der Waals surface area contributed by atoms with Gasteiger partial charge >= 0.3 is 0 Å². The Labute approximate surface area is 214 Å². The second kappa shape index (κ2) is 8.76. The summed E-state index contributed by atoms with van der Waals surface area (Å²) in [5.41, 5.74) is 3.44. The van der Waals surface area contributed by atoms with Crippen molar-refractivity contribution in [3.63, 3.8) is 0 Å². The first-order valence-electron chi connectivity index (χ1n) is 12.5. The number of para-hydroxylation sites is 1. The number of hydrogen-bond donors (Lipinski definition) is 1. The summed E-state index contributed by atoms with van der Waals surface area (Å²) in [6.07, 6.45) is 0.473. The average Bonchev–Trinajstić information content (AvgIpc) is 3.31. The number of H-pyrrole nitrogens is 1. The molecule has 6 nitrogen and oxygen atoms in total. The number of nitrogens with one attached hydrogen (secondary N) is 1. The van der Waals surface area contributed by atoms with Gasteiger partial charge in [-0.2, -0.15) is 0 Å². The monoisotopic (exact) mass is 497 g/mol. The molecule has 0 saturated carbocycles. The smallest absolute Gasteiger partial charge is 0.254 e. The van der Waals surface area contributed by atoms with Crippen LogP contribution in [0.1, 0.15) is 35.2 Å². The predicted octanol–water partition coefficient (Wildman–Crippen LogP) is 4.59. The number of hydrogen-bond acceptors (Lipinski definition) is 3. The lowest BCUT2D eigenvalue weighted by Crippen LogP contribution is -2.67. The Morgan fingerprint density at radius 3 is 2.59 bits per heavy atom. The second-order valence-corrected chi connectivity index (χ2v) is 9.97. The molecule has 6 rings (SSSR count). The summed E-state index contributed by atoms with van der Waals surface area (Å²) in [6, 6.07) is 22.3. The van der Waals surface area contributed by atoms with Gasteiger partial charge in [0.05, 0.1) is 19.3 Å². The number of fused-ring (bicyclic) bond motifs is 5. The molecule has 0 aliphatic carbocycles. The van der Waals surface area contributed by atoms with Gasteiger partial charge in [0.1, 0.15) is 11.6 Å². The second-order valence-electron chi connectivity index (χ2n) is 9.97. The molecule has 1 aromatic heterocycles. The average molecular weight is 498 g/mol. The molecule has 1 N–H and O–H groups in total. The Morgan fingerprint density at radius 1 is 1.05 bits per heavy atom. The van der Waals surface area contributed by atoms with Gasteiger partial charge in [0, 0.05) is 29.9 Å². The highest BCUT2D eigenvalue weighted by Crippen LogP contribution is 2.48. The number of carbonyl (C=O) groups is 2. The lowest BCUT2D eigenvalue weighted by atomic mass is 9.76. The molecule has 2 aliphatic rings. The zero-order chi connectivity index (χ0) is 25.7. The topological polar surface area (TPSA) is 65.6 Å². The summed E-state index contributed by atoms with van der Waals surface area (Å²) < 4.78 is 19.0. The van der Waals surface area contributed by atoms with E-state index in [1.54, 1.807) is 23.0 Å². The molecule has 4 aromatic rings. The van der Waals surface area contributed by atoms with Crippen LogP contribution in [0.3, 0.4) is 0 Å². The van der Waals surface area contributed by atoms with Crippen molar-refractivity contribution in [3.8, 4) is 5.75 Å². The van der Waals surface area contributed by atoms with Crippen LogP contribution in [0, 0.1) is 5.82 Å². The maximum atomic E-state index is 14.1. The maximum Gasteiger partial charge on any atom is 0.254 e. The van der Waals surface area contributed by atoms with Crippen LogP contribution in [0.2, 0.25) is 0 Å². The van der Waals surface area contributed by atoms with Gasteiger partial charge in [0.2, 0.25) is 5.91 Å². The van der Waals surface area contributed by atoms with Crippen LogP contribution in [-0.4, -0.2) is 53.3 Å². The summed E-state index contributed by atoms with van der Waals surface area (Å²) in [5, 5.41) is 1.05. The number of methoxy groups -OCH3 is 1. The Kier molecular flexibility index (Phi) is 5.51. The lowest BCUT2D eigenvalue weighted by molar-refractivity contribution is -0.166. The Balaban J connectivity index is 1.43. The first-order chi connectivity index (χ1) is 17.9. The third-order valence-electron chi connectivity index (χ3n) is 7.89. The van der Waals surface area contributed by atoms with Crippen molar-refractivity contribution >= 4 is 22.7 Å². The molecular weight excluding hydrogens is 469 g/mol. The standard InChI is InChI=1S/C30H28FN3O3/c1-30-28-27(23-8-3-4-9-25(23)32-28)24(20-10-12-22(37-2)13-11-20)17-34(30)26(35)18-33(29(30)36)15-14-19-6-5-7-21(31)16-19/h3-13,16,24,32H,14-15,17-18H2,1-2H3/t24-,30+/m1/s1. The fraction of sp³-hybridized carbons (Fsp3) is 0.267. The van der Waals surface area contributed by atoms with Crippen molar-refractivity contribution in [1.29, 1.82) is 0 Å². The summed E-state index contributed by atoms with van der Waals surface area (Å²) in [6.45, 7) is 2.60. The van der Waals surface area contributed by atoms with Gasteiger partial charge in [-0.05, 0) is 60.4 Å².